The summed E-state index contributed by atoms with van der Waals surface area (Å²) in [4.78, 5) is 2.03. The van der Waals surface area contributed by atoms with Crippen molar-refractivity contribution in [1.82, 2.24) is 4.90 Å². The van der Waals surface area contributed by atoms with Gasteiger partial charge in [-0.05, 0) is 80.7 Å². The Kier molecular flexibility index (Phi) is 9.21. The van der Waals surface area contributed by atoms with E-state index in [9.17, 15) is 17.6 Å². The summed E-state index contributed by atoms with van der Waals surface area (Å²) < 4.78 is 59.6. The quantitative estimate of drug-likeness (QED) is 0.298. The Morgan fingerprint density at radius 2 is 1.97 bits per heavy atom. The standard InChI is InChI=1S/C27H38F4N2O/c1-20(5-7-23(17-32)22-8-9-24(18-34-2)25(28)16-22)4-6-21-10-14-33(15-11-21)19-26(12-3-13-26)27(29,30)31/h5,7-9,16-17,20-21H,3-4,6,10-15,18-19,32H2,1-2H3/b7-5-,23-17+. The Morgan fingerprint density at radius 3 is 2.50 bits per heavy atom. The highest BCUT2D eigenvalue weighted by molar-refractivity contribution is 5.73. The third-order valence-corrected chi connectivity index (χ3v) is 7.65. The number of likely N-dealkylation sites (tertiary alicyclic amines) is 1. The summed E-state index contributed by atoms with van der Waals surface area (Å²) in [6.45, 7) is 4.06. The molecule has 2 N–H and O–H groups in total. The molecule has 34 heavy (non-hydrogen) atoms. The molecule has 0 amide bonds. The van der Waals surface area contributed by atoms with Crippen molar-refractivity contribution >= 4 is 5.57 Å². The van der Waals surface area contributed by atoms with Crippen molar-refractivity contribution in [3.63, 3.8) is 0 Å². The molecule has 1 unspecified atom stereocenters. The lowest BCUT2D eigenvalue weighted by Crippen LogP contribution is -2.53. The van der Waals surface area contributed by atoms with E-state index in [1.165, 1.54) is 19.4 Å². The number of methoxy groups -OCH3 is 1. The van der Waals surface area contributed by atoms with Crippen molar-refractivity contribution in [3.8, 4) is 0 Å². The van der Waals surface area contributed by atoms with Crippen LogP contribution >= 0.6 is 0 Å². The molecular weight excluding hydrogens is 444 g/mol. The molecule has 0 spiro atoms. The van der Waals surface area contributed by atoms with Gasteiger partial charge >= 0.3 is 6.18 Å². The van der Waals surface area contributed by atoms with Gasteiger partial charge in [0, 0.05) is 25.4 Å². The number of nitrogens with two attached hydrogens (primary N) is 1. The van der Waals surface area contributed by atoms with Crippen LogP contribution in [0.4, 0.5) is 17.6 Å². The fourth-order valence-electron chi connectivity index (χ4n) is 5.11. The minimum atomic E-state index is -4.08. The maximum absolute atomic E-state index is 14.2. The molecule has 1 saturated heterocycles. The molecule has 1 aliphatic heterocycles. The summed E-state index contributed by atoms with van der Waals surface area (Å²) in [7, 11) is 1.53. The Labute approximate surface area is 201 Å². The Morgan fingerprint density at radius 1 is 1.26 bits per heavy atom. The molecule has 1 atom stereocenters. The molecule has 0 bridgehead atoms. The van der Waals surface area contributed by atoms with E-state index >= 15 is 0 Å². The van der Waals surface area contributed by atoms with Crippen LogP contribution in [0.1, 0.15) is 63.0 Å². The van der Waals surface area contributed by atoms with E-state index in [0.29, 0.717) is 23.8 Å². The molecule has 0 aromatic heterocycles. The van der Waals surface area contributed by atoms with Crippen molar-refractivity contribution in [3.05, 3.63) is 53.5 Å². The number of rotatable bonds is 10. The molecule has 1 saturated carbocycles. The van der Waals surface area contributed by atoms with Crippen LogP contribution in [0.5, 0.6) is 0 Å². The van der Waals surface area contributed by atoms with E-state index in [1.54, 1.807) is 6.07 Å². The topological polar surface area (TPSA) is 38.5 Å². The minimum Gasteiger partial charge on any atom is -0.404 e. The smallest absolute Gasteiger partial charge is 0.395 e. The molecule has 1 aromatic carbocycles. The number of hydrogen-bond acceptors (Lipinski definition) is 3. The van der Waals surface area contributed by atoms with Crippen LogP contribution < -0.4 is 5.73 Å². The fourth-order valence-corrected chi connectivity index (χ4v) is 5.11. The van der Waals surface area contributed by atoms with Gasteiger partial charge in [0.25, 0.3) is 0 Å². The predicted molar refractivity (Wildman–Crippen MR) is 128 cm³/mol. The number of hydrogen-bond donors (Lipinski definition) is 1. The lowest BCUT2D eigenvalue weighted by molar-refractivity contribution is -0.256. The first-order valence-corrected chi connectivity index (χ1v) is 12.3. The summed E-state index contributed by atoms with van der Waals surface area (Å²) in [5.74, 6) is 0.571. The van der Waals surface area contributed by atoms with E-state index in [-0.39, 0.29) is 31.8 Å². The van der Waals surface area contributed by atoms with Crippen LogP contribution in [0.2, 0.25) is 0 Å². The fraction of sp³-hybridized carbons (Fsp3) is 0.630. The highest BCUT2D eigenvalue weighted by Gasteiger charge is 2.58. The number of piperidine rings is 1. The molecule has 2 fully saturated rings. The van der Waals surface area contributed by atoms with Gasteiger partial charge in [-0.3, -0.25) is 0 Å². The summed E-state index contributed by atoms with van der Waals surface area (Å²) >= 11 is 0. The number of halogens is 4. The normalized spacial score (nSPS) is 21.1. The van der Waals surface area contributed by atoms with Crippen molar-refractivity contribution in [2.24, 2.45) is 23.0 Å². The van der Waals surface area contributed by atoms with Gasteiger partial charge in [0.15, 0.2) is 0 Å². The van der Waals surface area contributed by atoms with Gasteiger partial charge in [-0.1, -0.05) is 37.6 Å². The van der Waals surface area contributed by atoms with Gasteiger partial charge in [0.05, 0.1) is 12.0 Å². The summed E-state index contributed by atoms with van der Waals surface area (Å²) in [5, 5.41) is 0. The number of allylic oxidation sites excluding steroid dienone is 3. The first-order chi connectivity index (χ1) is 16.2. The van der Waals surface area contributed by atoms with E-state index < -0.39 is 11.6 Å². The van der Waals surface area contributed by atoms with Gasteiger partial charge < -0.3 is 15.4 Å². The average Bonchev–Trinajstić information content (AvgIpc) is 2.77. The van der Waals surface area contributed by atoms with E-state index in [4.69, 9.17) is 10.5 Å². The molecule has 190 valence electrons. The molecule has 2 aliphatic rings. The summed E-state index contributed by atoms with van der Waals surface area (Å²) in [6.07, 6.45) is 6.68. The second-order valence-corrected chi connectivity index (χ2v) is 10.1. The number of benzene rings is 1. The molecule has 1 heterocycles. The van der Waals surface area contributed by atoms with Crippen molar-refractivity contribution in [1.29, 1.82) is 0 Å². The lowest BCUT2D eigenvalue weighted by Gasteiger charge is -2.47. The summed E-state index contributed by atoms with van der Waals surface area (Å²) in [6, 6.07) is 5.02. The Bertz CT molecular complexity index is 853. The summed E-state index contributed by atoms with van der Waals surface area (Å²) in [5.41, 5.74) is 6.32. The highest BCUT2D eigenvalue weighted by Crippen LogP contribution is 2.53. The molecule has 0 radical (unpaired) electrons. The van der Waals surface area contributed by atoms with Gasteiger partial charge in [0.1, 0.15) is 5.82 Å². The van der Waals surface area contributed by atoms with E-state index in [0.717, 1.165) is 49.9 Å². The lowest BCUT2D eigenvalue weighted by atomic mass is 9.67. The number of alkyl halides is 3. The average molecular weight is 483 g/mol. The van der Waals surface area contributed by atoms with Crippen LogP contribution in [0, 0.1) is 23.1 Å². The third-order valence-electron chi connectivity index (χ3n) is 7.65. The molecule has 7 heteroatoms. The van der Waals surface area contributed by atoms with Crippen LogP contribution in [0.3, 0.4) is 0 Å². The van der Waals surface area contributed by atoms with Gasteiger partial charge in [0.2, 0.25) is 0 Å². The highest BCUT2D eigenvalue weighted by atomic mass is 19.4. The number of nitrogens with zero attached hydrogens (tertiary/aromatic N) is 1. The Balaban J connectivity index is 1.43. The third kappa shape index (κ3) is 6.63. The molecule has 1 aromatic rings. The van der Waals surface area contributed by atoms with Crippen molar-refractivity contribution in [2.45, 2.75) is 64.7 Å². The first kappa shape index (κ1) is 26.7. The van der Waals surface area contributed by atoms with Crippen molar-refractivity contribution in [2.75, 3.05) is 26.7 Å². The predicted octanol–water partition coefficient (Wildman–Crippen LogP) is 6.69. The van der Waals surface area contributed by atoms with Crippen molar-refractivity contribution < 1.29 is 22.3 Å². The van der Waals surface area contributed by atoms with Crippen LogP contribution in [-0.4, -0.2) is 37.8 Å². The van der Waals surface area contributed by atoms with Crippen LogP contribution in [0.15, 0.2) is 36.6 Å². The van der Waals surface area contributed by atoms with E-state index in [1.807, 2.05) is 17.0 Å². The largest absolute Gasteiger partial charge is 0.404 e. The Hall–Kier alpha value is -1.86. The second kappa shape index (κ2) is 11.7. The van der Waals surface area contributed by atoms with E-state index in [2.05, 4.69) is 13.0 Å². The maximum atomic E-state index is 14.2. The first-order valence-electron chi connectivity index (χ1n) is 12.3. The minimum absolute atomic E-state index is 0.170. The van der Waals surface area contributed by atoms with Gasteiger partial charge in [-0.25, -0.2) is 4.39 Å². The van der Waals surface area contributed by atoms with Crippen LogP contribution in [-0.2, 0) is 11.3 Å². The zero-order valence-electron chi connectivity index (χ0n) is 20.3. The molecule has 1 aliphatic carbocycles. The maximum Gasteiger partial charge on any atom is 0.395 e. The second-order valence-electron chi connectivity index (χ2n) is 10.1. The number of ether oxygens (including phenoxy) is 1. The monoisotopic (exact) mass is 482 g/mol. The molecular formula is C27H38F4N2O. The van der Waals surface area contributed by atoms with Gasteiger partial charge in [-0.2, -0.15) is 13.2 Å². The van der Waals surface area contributed by atoms with Crippen LogP contribution in [0.25, 0.3) is 5.57 Å². The zero-order chi connectivity index (χ0) is 24.8. The molecule has 3 nitrogen and oxygen atoms in total. The molecule has 3 rings (SSSR count). The zero-order valence-corrected chi connectivity index (χ0v) is 20.3. The van der Waals surface area contributed by atoms with Gasteiger partial charge in [-0.15, -0.1) is 0 Å². The SMILES string of the molecule is COCc1ccc(C(/C=C\C(C)CCC2CCN(CC3(C(F)(F)F)CCC3)CC2)=C/N)cc1F.